The van der Waals surface area contributed by atoms with Gasteiger partial charge in [-0.15, -0.1) is 0 Å². The molecule has 2 aromatic rings. The quantitative estimate of drug-likeness (QED) is 0.749. The van der Waals surface area contributed by atoms with Gasteiger partial charge < -0.3 is 10.5 Å². The molecule has 0 aromatic heterocycles. The van der Waals surface area contributed by atoms with E-state index in [4.69, 9.17) is 56.9 Å². The van der Waals surface area contributed by atoms with Crippen LogP contribution in [0.4, 0.5) is 0 Å². The molecule has 0 bridgehead atoms. The van der Waals surface area contributed by atoms with Gasteiger partial charge >= 0.3 is 0 Å². The van der Waals surface area contributed by atoms with E-state index in [0.29, 0.717) is 43.6 Å². The number of nitrogens with two attached hydrogens (primary N) is 1. The Balaban J connectivity index is 2.46. The normalized spacial score (nSPS) is 12.3. The maximum absolute atomic E-state index is 6.28. The molecule has 0 saturated heterocycles. The van der Waals surface area contributed by atoms with Gasteiger partial charge in [-0.25, -0.2) is 0 Å². The smallest absolute Gasteiger partial charge is 0.139 e. The van der Waals surface area contributed by atoms with E-state index in [2.05, 4.69) is 0 Å². The molecule has 0 aliphatic carbocycles. The molecule has 0 saturated carbocycles. The SMILES string of the molecule is CCOc1cc(Cl)c(C(N)c2cccc(Cl)c2Cl)cc1Cl. The second-order valence-electron chi connectivity index (χ2n) is 4.36. The second kappa shape index (κ2) is 7.08. The van der Waals surface area contributed by atoms with Gasteiger partial charge in [0.25, 0.3) is 0 Å². The summed E-state index contributed by atoms with van der Waals surface area (Å²) in [5.41, 5.74) is 7.60. The summed E-state index contributed by atoms with van der Waals surface area (Å²) >= 11 is 24.7. The van der Waals surface area contributed by atoms with Crippen molar-refractivity contribution in [3.8, 4) is 5.75 Å². The summed E-state index contributed by atoms with van der Waals surface area (Å²) < 4.78 is 5.40. The molecule has 0 heterocycles. The van der Waals surface area contributed by atoms with E-state index >= 15 is 0 Å². The van der Waals surface area contributed by atoms with E-state index in [1.54, 1.807) is 30.3 Å². The zero-order valence-electron chi connectivity index (χ0n) is 11.2. The molecule has 1 unspecified atom stereocenters. The van der Waals surface area contributed by atoms with Crippen LogP contribution >= 0.6 is 46.4 Å². The van der Waals surface area contributed by atoms with Crippen LogP contribution < -0.4 is 10.5 Å². The van der Waals surface area contributed by atoms with E-state index in [1.165, 1.54) is 0 Å². The van der Waals surface area contributed by atoms with Gasteiger partial charge in [0.15, 0.2) is 0 Å². The van der Waals surface area contributed by atoms with Gasteiger partial charge in [0.2, 0.25) is 0 Å². The van der Waals surface area contributed by atoms with Crippen molar-refractivity contribution in [1.82, 2.24) is 0 Å². The summed E-state index contributed by atoms with van der Waals surface area (Å²) in [5.74, 6) is 0.525. The molecule has 2 nitrogen and oxygen atoms in total. The summed E-state index contributed by atoms with van der Waals surface area (Å²) in [7, 11) is 0. The molecule has 0 amide bonds. The van der Waals surface area contributed by atoms with Crippen molar-refractivity contribution in [2.24, 2.45) is 5.73 Å². The molecule has 2 aromatic carbocycles. The minimum atomic E-state index is -0.531. The van der Waals surface area contributed by atoms with E-state index in [9.17, 15) is 0 Å². The average molecular weight is 365 g/mol. The van der Waals surface area contributed by atoms with Crippen molar-refractivity contribution in [1.29, 1.82) is 0 Å². The maximum Gasteiger partial charge on any atom is 0.139 e. The van der Waals surface area contributed by atoms with E-state index in [1.807, 2.05) is 6.92 Å². The van der Waals surface area contributed by atoms with Gasteiger partial charge in [0.05, 0.1) is 27.7 Å². The van der Waals surface area contributed by atoms with Gasteiger partial charge in [0.1, 0.15) is 5.75 Å². The number of rotatable bonds is 4. The molecule has 2 rings (SSSR count). The lowest BCUT2D eigenvalue weighted by Crippen LogP contribution is -2.13. The summed E-state index contributed by atoms with van der Waals surface area (Å²) in [6.07, 6.45) is 0. The highest BCUT2D eigenvalue weighted by Crippen LogP contribution is 2.38. The zero-order valence-corrected chi connectivity index (χ0v) is 14.2. The van der Waals surface area contributed by atoms with Crippen LogP contribution in [0.2, 0.25) is 20.1 Å². The third-order valence-electron chi connectivity index (χ3n) is 3.00. The maximum atomic E-state index is 6.28. The monoisotopic (exact) mass is 363 g/mol. The summed E-state index contributed by atoms with van der Waals surface area (Å²) in [6.45, 7) is 2.37. The van der Waals surface area contributed by atoms with Crippen LogP contribution in [0.1, 0.15) is 24.1 Å². The Bertz CT molecular complexity index is 660. The average Bonchev–Trinajstić information content (AvgIpc) is 2.45. The lowest BCUT2D eigenvalue weighted by atomic mass is 9.99. The first-order chi connectivity index (χ1) is 9.95. The molecule has 0 aliphatic rings. The molecule has 0 fully saturated rings. The molecule has 2 N–H and O–H groups in total. The zero-order chi connectivity index (χ0) is 15.6. The molecular weight excluding hydrogens is 352 g/mol. The summed E-state index contributed by atoms with van der Waals surface area (Å²) in [6, 6.07) is 8.11. The molecule has 0 spiro atoms. The van der Waals surface area contributed by atoms with Gasteiger partial charge in [-0.1, -0.05) is 58.5 Å². The lowest BCUT2D eigenvalue weighted by Gasteiger charge is -2.18. The van der Waals surface area contributed by atoms with Crippen molar-refractivity contribution < 1.29 is 4.74 Å². The van der Waals surface area contributed by atoms with Crippen LogP contribution in [0.25, 0.3) is 0 Å². The first kappa shape index (κ1) is 16.7. The predicted molar refractivity (Wildman–Crippen MR) is 90.1 cm³/mol. The van der Waals surface area contributed by atoms with Gasteiger partial charge in [-0.2, -0.15) is 0 Å². The minimum absolute atomic E-state index is 0.410. The first-order valence-corrected chi connectivity index (χ1v) is 7.78. The number of benzene rings is 2. The van der Waals surface area contributed by atoms with Crippen LogP contribution in [-0.4, -0.2) is 6.61 Å². The molecule has 0 radical (unpaired) electrons. The Morgan fingerprint density at radius 3 is 2.38 bits per heavy atom. The second-order valence-corrected chi connectivity index (χ2v) is 5.96. The minimum Gasteiger partial charge on any atom is -0.492 e. The highest BCUT2D eigenvalue weighted by molar-refractivity contribution is 6.42. The van der Waals surface area contributed by atoms with Gasteiger partial charge in [-0.3, -0.25) is 0 Å². The number of ether oxygens (including phenoxy) is 1. The summed E-state index contributed by atoms with van der Waals surface area (Å²) in [4.78, 5) is 0. The van der Waals surface area contributed by atoms with Crippen LogP contribution in [0, 0.1) is 0 Å². The molecule has 6 heteroatoms. The fourth-order valence-electron chi connectivity index (χ4n) is 1.98. The number of halogens is 4. The van der Waals surface area contributed by atoms with E-state index in [0.717, 1.165) is 0 Å². The standard InChI is InChI=1S/C15H13Cl4NO/c1-2-21-13-7-11(17)9(6-12(13)18)15(20)8-4-3-5-10(16)14(8)19/h3-7,15H,2,20H2,1H3. The van der Waals surface area contributed by atoms with Crippen molar-refractivity contribution >= 4 is 46.4 Å². The third-order valence-corrected chi connectivity index (χ3v) is 4.46. The van der Waals surface area contributed by atoms with Gasteiger partial charge in [-0.05, 0) is 30.2 Å². The molecule has 112 valence electrons. The Morgan fingerprint density at radius 2 is 1.71 bits per heavy atom. The predicted octanol–water partition coefficient (Wildman–Crippen LogP) is 5.75. The largest absolute Gasteiger partial charge is 0.492 e. The molecule has 21 heavy (non-hydrogen) atoms. The van der Waals surface area contributed by atoms with Crippen molar-refractivity contribution in [2.75, 3.05) is 6.61 Å². The van der Waals surface area contributed by atoms with E-state index in [-0.39, 0.29) is 0 Å². The van der Waals surface area contributed by atoms with E-state index < -0.39 is 6.04 Å². The van der Waals surface area contributed by atoms with Crippen molar-refractivity contribution in [2.45, 2.75) is 13.0 Å². The number of hydrogen-bond donors (Lipinski definition) is 1. The van der Waals surface area contributed by atoms with Crippen molar-refractivity contribution in [3.63, 3.8) is 0 Å². The Morgan fingerprint density at radius 1 is 1.00 bits per heavy atom. The highest BCUT2D eigenvalue weighted by Gasteiger charge is 2.19. The van der Waals surface area contributed by atoms with Crippen molar-refractivity contribution in [3.05, 3.63) is 61.5 Å². The van der Waals surface area contributed by atoms with Crippen LogP contribution in [0.15, 0.2) is 30.3 Å². The first-order valence-electron chi connectivity index (χ1n) is 6.27. The van der Waals surface area contributed by atoms with Crippen LogP contribution in [0.5, 0.6) is 5.75 Å². The van der Waals surface area contributed by atoms with Crippen LogP contribution in [0.3, 0.4) is 0 Å². The van der Waals surface area contributed by atoms with Gasteiger partial charge in [0, 0.05) is 11.1 Å². The fraction of sp³-hybridized carbons (Fsp3) is 0.200. The fourth-order valence-corrected chi connectivity index (χ4v) is 2.90. The highest BCUT2D eigenvalue weighted by atomic mass is 35.5. The lowest BCUT2D eigenvalue weighted by molar-refractivity contribution is 0.340. The number of hydrogen-bond acceptors (Lipinski definition) is 2. The molecular formula is C15H13Cl4NO. The Hall–Kier alpha value is -0.640. The molecule has 0 aliphatic heterocycles. The Kier molecular flexibility index (Phi) is 5.64. The summed E-state index contributed by atoms with van der Waals surface area (Å²) in [5, 5.41) is 1.77. The topological polar surface area (TPSA) is 35.2 Å². The Labute approximate surface area is 143 Å². The van der Waals surface area contributed by atoms with Crippen LogP contribution in [-0.2, 0) is 0 Å². The molecule has 1 atom stereocenters. The third kappa shape index (κ3) is 3.58.